The number of hydrogen-bond acceptors (Lipinski definition) is 2. The van der Waals surface area contributed by atoms with Gasteiger partial charge in [0.1, 0.15) is 5.75 Å². The first-order valence-corrected chi connectivity index (χ1v) is 7.74. The van der Waals surface area contributed by atoms with Crippen molar-refractivity contribution in [1.29, 1.82) is 0 Å². The Bertz CT molecular complexity index is 369. The third-order valence-corrected chi connectivity index (χ3v) is 4.77. The van der Waals surface area contributed by atoms with Crippen LogP contribution in [0.3, 0.4) is 0 Å². The molecule has 0 heterocycles. The van der Waals surface area contributed by atoms with Crippen molar-refractivity contribution < 1.29 is 4.74 Å². The van der Waals surface area contributed by atoms with Gasteiger partial charge in [0.25, 0.3) is 0 Å². The number of hydrogen-bond donors (Lipinski definition) is 1. The van der Waals surface area contributed by atoms with E-state index in [-0.39, 0.29) is 0 Å². The van der Waals surface area contributed by atoms with Crippen LogP contribution in [0.25, 0.3) is 0 Å². The zero-order valence-electron chi connectivity index (χ0n) is 11.3. The second-order valence-electron chi connectivity index (χ2n) is 5.51. The van der Waals surface area contributed by atoms with Gasteiger partial charge >= 0.3 is 0 Å². The van der Waals surface area contributed by atoms with Crippen molar-refractivity contribution >= 4 is 12.6 Å². The van der Waals surface area contributed by atoms with Gasteiger partial charge in [-0.2, -0.15) is 12.6 Å². The molecule has 1 aliphatic rings. The van der Waals surface area contributed by atoms with E-state index in [1.807, 2.05) is 0 Å². The van der Waals surface area contributed by atoms with Gasteiger partial charge in [0.2, 0.25) is 0 Å². The SMILES string of the molecule is CCc1cccc(OCC2(CS)CCCCC2)c1. The highest BCUT2D eigenvalue weighted by molar-refractivity contribution is 7.80. The lowest BCUT2D eigenvalue weighted by atomic mass is 9.76. The monoisotopic (exact) mass is 264 g/mol. The van der Waals surface area contributed by atoms with Crippen LogP contribution in [0.2, 0.25) is 0 Å². The molecule has 1 aromatic rings. The molecule has 1 aliphatic carbocycles. The maximum atomic E-state index is 6.03. The first kappa shape index (κ1) is 13.8. The van der Waals surface area contributed by atoms with Crippen LogP contribution in [-0.4, -0.2) is 12.4 Å². The van der Waals surface area contributed by atoms with Gasteiger partial charge in [-0.05, 0) is 42.7 Å². The van der Waals surface area contributed by atoms with Crippen LogP contribution in [-0.2, 0) is 6.42 Å². The molecule has 2 rings (SSSR count). The van der Waals surface area contributed by atoms with E-state index < -0.39 is 0 Å². The summed E-state index contributed by atoms with van der Waals surface area (Å²) in [6.07, 6.45) is 7.64. The molecule has 0 spiro atoms. The molecule has 0 N–H and O–H groups in total. The molecule has 1 saturated carbocycles. The number of ether oxygens (including phenoxy) is 1. The van der Waals surface area contributed by atoms with Gasteiger partial charge in [0, 0.05) is 5.41 Å². The van der Waals surface area contributed by atoms with Gasteiger partial charge in [-0.3, -0.25) is 0 Å². The summed E-state index contributed by atoms with van der Waals surface area (Å²) in [7, 11) is 0. The third-order valence-electron chi connectivity index (χ3n) is 4.10. The van der Waals surface area contributed by atoms with E-state index in [9.17, 15) is 0 Å². The van der Waals surface area contributed by atoms with Crippen molar-refractivity contribution in [3.63, 3.8) is 0 Å². The topological polar surface area (TPSA) is 9.23 Å². The summed E-state index contributed by atoms with van der Waals surface area (Å²) in [5.41, 5.74) is 1.65. The zero-order chi connectivity index (χ0) is 12.8. The maximum Gasteiger partial charge on any atom is 0.119 e. The van der Waals surface area contributed by atoms with E-state index in [1.54, 1.807) is 0 Å². The average Bonchev–Trinajstić information content (AvgIpc) is 2.46. The molecule has 18 heavy (non-hydrogen) atoms. The first-order valence-electron chi connectivity index (χ1n) is 7.11. The van der Waals surface area contributed by atoms with E-state index in [0.717, 1.165) is 24.5 Å². The van der Waals surface area contributed by atoms with Crippen LogP contribution in [0.4, 0.5) is 0 Å². The molecule has 2 heteroatoms. The number of benzene rings is 1. The minimum Gasteiger partial charge on any atom is -0.493 e. The highest BCUT2D eigenvalue weighted by Crippen LogP contribution is 2.37. The molecule has 1 fully saturated rings. The van der Waals surface area contributed by atoms with Crippen LogP contribution < -0.4 is 4.74 Å². The quantitative estimate of drug-likeness (QED) is 0.770. The highest BCUT2D eigenvalue weighted by Gasteiger charge is 2.31. The minimum absolute atomic E-state index is 0.309. The molecular formula is C16H24OS. The van der Waals surface area contributed by atoms with E-state index in [2.05, 4.69) is 43.8 Å². The molecule has 0 amide bonds. The molecule has 0 unspecified atom stereocenters. The van der Waals surface area contributed by atoms with E-state index in [4.69, 9.17) is 4.74 Å². The predicted octanol–water partition coefficient (Wildman–Crippen LogP) is 4.51. The van der Waals surface area contributed by atoms with Crippen LogP contribution in [0.15, 0.2) is 24.3 Å². The van der Waals surface area contributed by atoms with Gasteiger partial charge in [-0.15, -0.1) is 0 Å². The predicted molar refractivity (Wildman–Crippen MR) is 80.7 cm³/mol. The number of aryl methyl sites for hydroxylation is 1. The van der Waals surface area contributed by atoms with Gasteiger partial charge in [-0.25, -0.2) is 0 Å². The van der Waals surface area contributed by atoms with Gasteiger partial charge in [0.05, 0.1) is 6.61 Å². The standard InChI is InChI=1S/C16H24OS/c1-2-14-7-6-8-15(11-14)17-12-16(13-18)9-4-3-5-10-16/h6-8,11,18H,2-5,9-10,12-13H2,1H3. The fourth-order valence-electron chi connectivity index (χ4n) is 2.74. The Morgan fingerprint density at radius 3 is 2.67 bits per heavy atom. The highest BCUT2D eigenvalue weighted by atomic mass is 32.1. The summed E-state index contributed by atoms with van der Waals surface area (Å²) in [5.74, 6) is 1.96. The maximum absolute atomic E-state index is 6.03. The van der Waals surface area contributed by atoms with E-state index in [1.165, 1.54) is 37.7 Å². The second-order valence-corrected chi connectivity index (χ2v) is 5.82. The molecule has 1 nitrogen and oxygen atoms in total. The molecule has 0 aromatic heterocycles. The molecule has 0 saturated heterocycles. The lowest BCUT2D eigenvalue weighted by molar-refractivity contribution is 0.121. The Labute approximate surface area is 116 Å². The normalized spacial score (nSPS) is 18.6. The summed E-state index contributed by atoms with van der Waals surface area (Å²) in [5, 5.41) is 0. The lowest BCUT2D eigenvalue weighted by Crippen LogP contribution is -2.32. The van der Waals surface area contributed by atoms with Crippen molar-refractivity contribution in [2.24, 2.45) is 5.41 Å². The minimum atomic E-state index is 0.309. The number of thiol groups is 1. The average molecular weight is 264 g/mol. The largest absolute Gasteiger partial charge is 0.493 e. The second kappa shape index (κ2) is 6.51. The Kier molecular flexibility index (Phi) is 4.99. The van der Waals surface area contributed by atoms with Crippen molar-refractivity contribution in [1.82, 2.24) is 0 Å². The van der Waals surface area contributed by atoms with Crippen molar-refractivity contribution in [3.8, 4) is 5.75 Å². The fourth-order valence-corrected chi connectivity index (χ4v) is 3.15. The molecule has 0 radical (unpaired) electrons. The summed E-state index contributed by atoms with van der Waals surface area (Å²) in [6, 6.07) is 8.47. The summed E-state index contributed by atoms with van der Waals surface area (Å²) in [6.45, 7) is 3.00. The van der Waals surface area contributed by atoms with Gasteiger partial charge in [0.15, 0.2) is 0 Å². The molecule has 0 aliphatic heterocycles. The fraction of sp³-hybridized carbons (Fsp3) is 0.625. The Morgan fingerprint density at radius 2 is 2.00 bits per heavy atom. The third kappa shape index (κ3) is 3.44. The van der Waals surface area contributed by atoms with Gasteiger partial charge < -0.3 is 4.74 Å². The zero-order valence-corrected chi connectivity index (χ0v) is 12.2. The molecule has 100 valence electrons. The van der Waals surface area contributed by atoms with E-state index in [0.29, 0.717) is 5.41 Å². The van der Waals surface area contributed by atoms with Crippen LogP contribution in [0, 0.1) is 5.41 Å². The van der Waals surface area contributed by atoms with Crippen molar-refractivity contribution in [3.05, 3.63) is 29.8 Å². The Balaban J connectivity index is 1.96. The van der Waals surface area contributed by atoms with Crippen LogP contribution >= 0.6 is 12.6 Å². The van der Waals surface area contributed by atoms with Gasteiger partial charge in [-0.1, -0.05) is 38.3 Å². The summed E-state index contributed by atoms with van der Waals surface area (Å²) < 4.78 is 6.03. The van der Waals surface area contributed by atoms with E-state index >= 15 is 0 Å². The Morgan fingerprint density at radius 1 is 1.22 bits per heavy atom. The number of rotatable bonds is 5. The molecular weight excluding hydrogens is 240 g/mol. The Hall–Kier alpha value is -0.630. The summed E-state index contributed by atoms with van der Waals surface area (Å²) in [4.78, 5) is 0. The first-order chi connectivity index (χ1) is 8.78. The molecule has 0 atom stereocenters. The molecule has 0 bridgehead atoms. The molecule has 1 aromatic carbocycles. The van der Waals surface area contributed by atoms with Crippen LogP contribution in [0.1, 0.15) is 44.6 Å². The smallest absolute Gasteiger partial charge is 0.119 e. The van der Waals surface area contributed by atoms with Crippen molar-refractivity contribution in [2.45, 2.75) is 45.4 Å². The van der Waals surface area contributed by atoms with Crippen molar-refractivity contribution in [2.75, 3.05) is 12.4 Å². The van der Waals surface area contributed by atoms with Crippen LogP contribution in [0.5, 0.6) is 5.75 Å². The lowest BCUT2D eigenvalue weighted by Gasteiger charge is -2.35. The summed E-state index contributed by atoms with van der Waals surface area (Å²) >= 11 is 4.55.